The number of phosphoric acid groups is 1. The summed E-state index contributed by atoms with van der Waals surface area (Å²) in [6, 6.07) is 0. The van der Waals surface area contributed by atoms with E-state index >= 15 is 0 Å². The average Bonchev–Trinajstić information content (AvgIpc) is 3.62. The Labute approximate surface area is 540 Å². The number of esters is 2. The first-order valence-corrected chi connectivity index (χ1v) is 39.6. The van der Waals surface area contributed by atoms with Gasteiger partial charge in [0.1, 0.15) is 6.61 Å². The summed E-state index contributed by atoms with van der Waals surface area (Å²) in [5.41, 5.74) is 5.41. The van der Waals surface area contributed by atoms with E-state index in [2.05, 4.69) is 62.5 Å². The van der Waals surface area contributed by atoms with Gasteiger partial charge in [-0.1, -0.05) is 383 Å². The lowest BCUT2D eigenvalue weighted by Crippen LogP contribution is -2.29. The topological polar surface area (TPSA) is 134 Å². The summed E-state index contributed by atoms with van der Waals surface area (Å²) in [5, 5.41) is 0. The van der Waals surface area contributed by atoms with Crippen molar-refractivity contribution in [3.63, 3.8) is 0 Å². The van der Waals surface area contributed by atoms with Crippen LogP contribution in [0, 0.1) is 0 Å². The molecule has 9 nitrogen and oxygen atoms in total. The van der Waals surface area contributed by atoms with Crippen LogP contribution in [0.1, 0.15) is 399 Å². The Morgan fingerprint density at radius 1 is 0.356 bits per heavy atom. The lowest BCUT2D eigenvalue weighted by molar-refractivity contribution is -0.161. The van der Waals surface area contributed by atoms with E-state index in [0.29, 0.717) is 6.42 Å². The number of allylic oxidation sites excluding steroid dienone is 8. The molecule has 0 saturated heterocycles. The van der Waals surface area contributed by atoms with Crippen LogP contribution in [0.5, 0.6) is 0 Å². The van der Waals surface area contributed by atoms with E-state index in [4.69, 9.17) is 24.3 Å². The summed E-state index contributed by atoms with van der Waals surface area (Å²) >= 11 is 0. The van der Waals surface area contributed by atoms with Crippen molar-refractivity contribution in [3.05, 3.63) is 48.6 Å². The number of unbranched alkanes of at least 4 members (excludes halogenated alkanes) is 52. The normalized spacial score (nSPS) is 13.1. The molecule has 0 saturated carbocycles. The number of hydrogen-bond acceptors (Lipinski definition) is 8. The van der Waals surface area contributed by atoms with Crippen LogP contribution < -0.4 is 5.73 Å². The molecule has 10 heteroatoms. The van der Waals surface area contributed by atoms with Crippen LogP contribution in [0.4, 0.5) is 0 Å². The van der Waals surface area contributed by atoms with E-state index in [1.807, 2.05) is 0 Å². The fraction of sp³-hybridized carbons (Fsp3) is 0.870. The fourth-order valence-corrected chi connectivity index (χ4v) is 12.4. The molecule has 0 fully saturated rings. The summed E-state index contributed by atoms with van der Waals surface area (Å²) < 4.78 is 33.2. The van der Waals surface area contributed by atoms with Crippen molar-refractivity contribution >= 4 is 19.8 Å². The first-order valence-electron chi connectivity index (χ1n) is 38.1. The van der Waals surface area contributed by atoms with E-state index in [-0.39, 0.29) is 38.6 Å². The first kappa shape index (κ1) is 85.0. The van der Waals surface area contributed by atoms with E-state index in [9.17, 15) is 19.0 Å². The summed E-state index contributed by atoms with van der Waals surface area (Å²) in [4.78, 5) is 35.4. The number of rotatable bonds is 73. The highest BCUT2D eigenvalue weighted by Crippen LogP contribution is 2.43. The predicted octanol–water partition coefficient (Wildman–Crippen LogP) is 25.2. The maximum Gasteiger partial charge on any atom is 0.472 e. The summed E-state index contributed by atoms with van der Waals surface area (Å²) in [7, 11) is -4.39. The van der Waals surface area contributed by atoms with Gasteiger partial charge < -0.3 is 20.1 Å². The zero-order valence-electron chi connectivity index (χ0n) is 57.8. The van der Waals surface area contributed by atoms with E-state index in [0.717, 1.165) is 64.2 Å². The van der Waals surface area contributed by atoms with E-state index < -0.39 is 26.5 Å². The number of ether oxygens (including phenoxy) is 2. The molecular weight excluding hydrogens is 1100 g/mol. The van der Waals surface area contributed by atoms with Gasteiger partial charge in [-0.15, -0.1) is 0 Å². The summed E-state index contributed by atoms with van der Waals surface area (Å²) in [6.07, 6.45) is 93.9. The minimum Gasteiger partial charge on any atom is -0.462 e. The van der Waals surface area contributed by atoms with Gasteiger partial charge in [-0.3, -0.25) is 18.6 Å². The van der Waals surface area contributed by atoms with Crippen LogP contribution in [0.15, 0.2) is 48.6 Å². The Balaban J connectivity index is 3.75. The second-order valence-corrected chi connectivity index (χ2v) is 27.3. The molecule has 0 radical (unpaired) electrons. The zero-order valence-corrected chi connectivity index (χ0v) is 58.7. The molecule has 3 N–H and O–H groups in total. The van der Waals surface area contributed by atoms with Crippen LogP contribution in [-0.2, 0) is 32.7 Å². The lowest BCUT2D eigenvalue weighted by Gasteiger charge is -2.19. The summed E-state index contributed by atoms with van der Waals surface area (Å²) in [6.45, 7) is 3.71. The monoisotopic (exact) mass is 1240 g/mol. The standard InChI is InChI=1S/C77H146NO8P/c1-3-5-7-9-11-13-15-17-19-21-23-25-27-29-31-32-33-34-35-36-37-38-39-40-41-42-44-45-47-49-51-53-55-57-59-61-63-65-67-69-76(79)83-73-75(74-85-87(81,82)84-72-71-78)86-77(80)70-68-66-64-62-60-58-56-54-52-50-48-46-43-30-28-26-24-22-20-18-16-14-12-10-8-6-4-2/h6,8,12,14,18,20,24,26,75H,3-5,7,9-11,13,15-17,19,21-23,25,27-74,78H2,1-2H3,(H,81,82)/b8-6-,14-12-,20-18-,26-24-. The van der Waals surface area contributed by atoms with Gasteiger partial charge in [0.15, 0.2) is 6.10 Å². The van der Waals surface area contributed by atoms with Crippen LogP contribution >= 0.6 is 7.82 Å². The maximum absolute atomic E-state index is 12.8. The van der Waals surface area contributed by atoms with Gasteiger partial charge in [-0.05, 0) is 51.4 Å². The lowest BCUT2D eigenvalue weighted by atomic mass is 10.0. The zero-order chi connectivity index (χ0) is 63.0. The molecule has 0 aliphatic carbocycles. The molecule has 0 bridgehead atoms. The third-order valence-corrected chi connectivity index (χ3v) is 18.2. The van der Waals surface area contributed by atoms with Gasteiger partial charge in [0.05, 0.1) is 13.2 Å². The largest absolute Gasteiger partial charge is 0.472 e. The Morgan fingerprint density at radius 3 is 0.943 bits per heavy atom. The van der Waals surface area contributed by atoms with Gasteiger partial charge >= 0.3 is 19.8 Å². The molecular formula is C77H146NO8P. The highest BCUT2D eigenvalue weighted by molar-refractivity contribution is 7.47. The SMILES string of the molecule is CC/C=C\C/C=C\C/C=C\C/C=C\CCCCCCCCCCCCCCCCC(=O)OC(COC(=O)CCCCCCCCCCCCCCCCCCCCCCCCCCCCCCCCCCCCCCCCC)COP(=O)(O)OCCN. The molecule has 0 rings (SSSR count). The second-order valence-electron chi connectivity index (χ2n) is 25.9. The van der Waals surface area contributed by atoms with Crippen LogP contribution in [-0.4, -0.2) is 49.3 Å². The Kier molecular flexibility index (Phi) is 71.3. The molecule has 0 spiro atoms. The number of hydrogen-bond donors (Lipinski definition) is 2. The third kappa shape index (κ3) is 72.9. The smallest absolute Gasteiger partial charge is 0.462 e. The Bertz CT molecular complexity index is 1570. The number of carbonyl (C=O) groups excluding carboxylic acids is 2. The van der Waals surface area contributed by atoms with Gasteiger partial charge in [-0.25, -0.2) is 4.57 Å². The molecule has 0 aliphatic heterocycles. The second kappa shape index (κ2) is 73.0. The van der Waals surface area contributed by atoms with Crippen molar-refractivity contribution in [1.82, 2.24) is 0 Å². The number of carbonyl (C=O) groups is 2. The number of nitrogens with two attached hydrogens (primary N) is 1. The van der Waals surface area contributed by atoms with Crippen molar-refractivity contribution in [2.45, 2.75) is 405 Å². The molecule has 0 aliphatic rings. The van der Waals surface area contributed by atoms with Crippen molar-refractivity contribution in [1.29, 1.82) is 0 Å². The highest BCUT2D eigenvalue weighted by Gasteiger charge is 2.26. The molecule has 0 heterocycles. The van der Waals surface area contributed by atoms with Gasteiger partial charge in [0.25, 0.3) is 0 Å². The molecule has 0 amide bonds. The summed E-state index contributed by atoms with van der Waals surface area (Å²) in [5.74, 6) is -0.808. The predicted molar refractivity (Wildman–Crippen MR) is 377 cm³/mol. The van der Waals surface area contributed by atoms with Gasteiger partial charge in [-0.2, -0.15) is 0 Å². The highest BCUT2D eigenvalue weighted by atomic mass is 31.2. The van der Waals surface area contributed by atoms with E-state index in [1.165, 1.54) is 302 Å². The minimum atomic E-state index is -4.39. The maximum atomic E-state index is 12.8. The van der Waals surface area contributed by atoms with Crippen LogP contribution in [0.25, 0.3) is 0 Å². The molecule has 2 unspecified atom stereocenters. The van der Waals surface area contributed by atoms with E-state index in [1.54, 1.807) is 0 Å². The quantitative estimate of drug-likeness (QED) is 0.0264. The third-order valence-electron chi connectivity index (χ3n) is 17.2. The fourth-order valence-electron chi connectivity index (χ4n) is 11.6. The Hall–Kier alpha value is -2.03. The average molecular weight is 1240 g/mol. The van der Waals surface area contributed by atoms with Gasteiger partial charge in [0, 0.05) is 19.4 Å². The first-order chi connectivity index (χ1) is 42.8. The molecule has 0 aromatic rings. The van der Waals surface area contributed by atoms with Crippen molar-refractivity contribution in [2.24, 2.45) is 5.73 Å². The van der Waals surface area contributed by atoms with Crippen molar-refractivity contribution in [3.8, 4) is 0 Å². The van der Waals surface area contributed by atoms with Crippen molar-refractivity contribution < 1.29 is 37.6 Å². The van der Waals surface area contributed by atoms with Crippen molar-refractivity contribution in [2.75, 3.05) is 26.4 Å². The van der Waals surface area contributed by atoms with Gasteiger partial charge in [0.2, 0.25) is 0 Å². The molecule has 0 aromatic heterocycles. The van der Waals surface area contributed by atoms with Crippen LogP contribution in [0.3, 0.4) is 0 Å². The minimum absolute atomic E-state index is 0.0546. The Morgan fingerprint density at radius 2 is 0.632 bits per heavy atom. The molecule has 0 aromatic carbocycles. The molecule has 2 atom stereocenters. The number of phosphoric ester groups is 1. The molecule has 87 heavy (non-hydrogen) atoms. The van der Waals surface area contributed by atoms with Crippen LogP contribution in [0.2, 0.25) is 0 Å². The molecule has 512 valence electrons.